The molecule has 9 heteroatoms. The normalized spacial score (nSPS) is 21.6. The molecule has 1 N–H and O–H groups in total. The first kappa shape index (κ1) is 28.1. The summed E-state index contributed by atoms with van der Waals surface area (Å²) in [4.78, 5) is 27.5. The van der Waals surface area contributed by atoms with Gasteiger partial charge in [-0.2, -0.15) is 4.31 Å². The third kappa shape index (κ3) is 6.94. The SMILES string of the molecule is CC(C)(C)OC(=O)N1CCC(CNC(=O)[C@@H]2CC[C@H](c3ccccc3)N(S(=O)(=O)c3ccccc3)C2)CC1. The quantitative estimate of drug-likeness (QED) is 0.577. The van der Waals surface area contributed by atoms with E-state index in [1.807, 2.05) is 51.1 Å². The summed E-state index contributed by atoms with van der Waals surface area (Å²) in [6, 6.07) is 17.7. The summed E-state index contributed by atoms with van der Waals surface area (Å²) in [5.41, 5.74) is 0.408. The van der Waals surface area contributed by atoms with Gasteiger partial charge < -0.3 is 15.0 Å². The number of carbonyl (C=O) groups excluding carboxylic acids is 2. The monoisotopic (exact) mass is 541 g/mol. The molecule has 4 rings (SSSR count). The van der Waals surface area contributed by atoms with Gasteiger partial charge in [0.25, 0.3) is 0 Å². The molecule has 0 unspecified atom stereocenters. The average Bonchev–Trinajstić information content (AvgIpc) is 2.91. The average molecular weight is 542 g/mol. The molecule has 206 valence electrons. The highest BCUT2D eigenvalue weighted by atomic mass is 32.2. The second kappa shape index (κ2) is 11.9. The fraction of sp³-hybridized carbons (Fsp3) is 0.517. The molecule has 2 aromatic carbocycles. The molecule has 0 bridgehead atoms. The Balaban J connectivity index is 1.37. The van der Waals surface area contributed by atoms with Gasteiger partial charge in [-0.25, -0.2) is 13.2 Å². The van der Waals surface area contributed by atoms with E-state index in [0.29, 0.717) is 32.5 Å². The molecule has 2 heterocycles. The van der Waals surface area contributed by atoms with Crippen LogP contribution >= 0.6 is 0 Å². The molecule has 2 fully saturated rings. The van der Waals surface area contributed by atoms with Crippen LogP contribution in [0.15, 0.2) is 65.6 Å². The molecule has 2 aromatic rings. The minimum atomic E-state index is -3.78. The predicted octanol–water partition coefficient (Wildman–Crippen LogP) is 4.59. The number of likely N-dealkylation sites (tertiary alicyclic amines) is 1. The van der Waals surface area contributed by atoms with Crippen molar-refractivity contribution in [2.75, 3.05) is 26.2 Å². The molecule has 2 atom stereocenters. The van der Waals surface area contributed by atoms with Gasteiger partial charge in [0.05, 0.1) is 16.9 Å². The first-order valence-corrected chi connectivity index (χ1v) is 14.9. The third-order valence-electron chi connectivity index (χ3n) is 7.27. The summed E-state index contributed by atoms with van der Waals surface area (Å²) in [5.74, 6) is -0.267. The number of nitrogens with one attached hydrogen (secondary N) is 1. The van der Waals surface area contributed by atoms with Gasteiger partial charge in [-0.05, 0) is 70.1 Å². The Hall–Kier alpha value is -2.91. The van der Waals surface area contributed by atoms with Gasteiger partial charge in [-0.1, -0.05) is 48.5 Å². The smallest absolute Gasteiger partial charge is 0.410 e. The van der Waals surface area contributed by atoms with Crippen LogP contribution in [0.3, 0.4) is 0 Å². The van der Waals surface area contributed by atoms with Crippen molar-refractivity contribution in [1.82, 2.24) is 14.5 Å². The molecule has 2 amide bonds. The molecule has 0 spiro atoms. The fourth-order valence-corrected chi connectivity index (χ4v) is 6.90. The molecule has 8 nitrogen and oxygen atoms in total. The van der Waals surface area contributed by atoms with Crippen LogP contribution in [-0.4, -0.2) is 61.4 Å². The molecule has 0 aliphatic carbocycles. The maximum Gasteiger partial charge on any atom is 0.410 e. The van der Waals surface area contributed by atoms with Crippen LogP contribution in [0.4, 0.5) is 4.79 Å². The number of piperidine rings is 2. The Bertz CT molecular complexity index is 1190. The zero-order valence-corrected chi connectivity index (χ0v) is 23.3. The number of hydrogen-bond acceptors (Lipinski definition) is 5. The molecule has 2 saturated heterocycles. The lowest BCUT2D eigenvalue weighted by Crippen LogP contribution is -2.48. The standard InChI is InChI=1S/C29H39N3O5S/c1-29(2,3)37-28(34)31-18-16-22(17-19-31)20-30-27(33)24-14-15-26(23-10-6-4-7-11-23)32(21-24)38(35,36)25-12-8-5-9-13-25/h4-13,22,24,26H,14-21H2,1-3H3,(H,30,33)/t24-,26-/m1/s1. The summed E-state index contributed by atoms with van der Waals surface area (Å²) in [5, 5.41) is 3.08. The highest BCUT2D eigenvalue weighted by molar-refractivity contribution is 7.89. The summed E-state index contributed by atoms with van der Waals surface area (Å²) in [6.45, 7) is 7.42. The maximum atomic E-state index is 13.7. The molecule has 0 saturated carbocycles. The Morgan fingerprint density at radius 3 is 2.13 bits per heavy atom. The zero-order chi connectivity index (χ0) is 27.3. The Morgan fingerprint density at radius 1 is 0.921 bits per heavy atom. The second-order valence-corrected chi connectivity index (χ2v) is 13.1. The number of benzene rings is 2. The first-order valence-electron chi connectivity index (χ1n) is 13.4. The van der Waals surface area contributed by atoms with Gasteiger partial charge in [0, 0.05) is 26.2 Å². The number of ether oxygens (including phenoxy) is 1. The lowest BCUT2D eigenvalue weighted by atomic mass is 9.90. The van der Waals surface area contributed by atoms with E-state index in [1.54, 1.807) is 35.2 Å². The van der Waals surface area contributed by atoms with E-state index in [2.05, 4.69) is 5.32 Å². The highest BCUT2D eigenvalue weighted by Gasteiger charge is 2.40. The molecule has 0 radical (unpaired) electrons. The van der Waals surface area contributed by atoms with Crippen molar-refractivity contribution in [3.05, 3.63) is 66.2 Å². The van der Waals surface area contributed by atoms with Crippen molar-refractivity contribution in [3.8, 4) is 0 Å². The van der Waals surface area contributed by atoms with Crippen molar-refractivity contribution in [1.29, 1.82) is 0 Å². The molecular weight excluding hydrogens is 502 g/mol. The van der Waals surface area contributed by atoms with Gasteiger partial charge in [0.1, 0.15) is 5.60 Å². The molecule has 2 aliphatic heterocycles. The van der Waals surface area contributed by atoms with E-state index in [0.717, 1.165) is 18.4 Å². The number of carbonyl (C=O) groups is 2. The van der Waals surface area contributed by atoms with Crippen LogP contribution in [0.25, 0.3) is 0 Å². The van der Waals surface area contributed by atoms with Crippen molar-refractivity contribution >= 4 is 22.0 Å². The zero-order valence-electron chi connectivity index (χ0n) is 22.5. The third-order valence-corrected chi connectivity index (χ3v) is 9.16. The number of nitrogens with zero attached hydrogens (tertiary/aromatic N) is 2. The van der Waals surface area contributed by atoms with E-state index in [1.165, 1.54) is 4.31 Å². The lowest BCUT2D eigenvalue weighted by Gasteiger charge is -2.38. The van der Waals surface area contributed by atoms with Crippen LogP contribution in [0, 0.1) is 11.8 Å². The van der Waals surface area contributed by atoms with E-state index in [4.69, 9.17) is 4.74 Å². The summed E-state index contributed by atoms with van der Waals surface area (Å²) >= 11 is 0. The highest BCUT2D eigenvalue weighted by Crippen LogP contribution is 2.37. The van der Waals surface area contributed by atoms with E-state index in [-0.39, 0.29) is 35.4 Å². The number of sulfonamides is 1. The summed E-state index contributed by atoms with van der Waals surface area (Å²) < 4.78 is 34.3. The van der Waals surface area contributed by atoms with Gasteiger partial charge in [0.15, 0.2) is 0 Å². The topological polar surface area (TPSA) is 96.0 Å². The van der Waals surface area contributed by atoms with Crippen molar-refractivity contribution in [2.24, 2.45) is 11.8 Å². The van der Waals surface area contributed by atoms with Gasteiger partial charge >= 0.3 is 6.09 Å². The fourth-order valence-electron chi connectivity index (χ4n) is 5.19. The lowest BCUT2D eigenvalue weighted by molar-refractivity contribution is -0.126. The minimum absolute atomic E-state index is 0.112. The van der Waals surface area contributed by atoms with Crippen molar-refractivity contribution < 1.29 is 22.7 Å². The predicted molar refractivity (Wildman–Crippen MR) is 146 cm³/mol. The number of amides is 2. The van der Waals surface area contributed by atoms with Crippen molar-refractivity contribution in [2.45, 2.75) is 63.0 Å². The largest absolute Gasteiger partial charge is 0.444 e. The maximum absolute atomic E-state index is 13.7. The summed E-state index contributed by atoms with van der Waals surface area (Å²) in [6.07, 6.45) is 2.46. The van der Waals surface area contributed by atoms with Crippen LogP contribution in [0.5, 0.6) is 0 Å². The van der Waals surface area contributed by atoms with Gasteiger partial charge in [0.2, 0.25) is 15.9 Å². The Kier molecular flexibility index (Phi) is 8.78. The van der Waals surface area contributed by atoms with E-state index < -0.39 is 21.5 Å². The van der Waals surface area contributed by atoms with Crippen LogP contribution in [-0.2, 0) is 19.6 Å². The van der Waals surface area contributed by atoms with Crippen LogP contribution in [0.1, 0.15) is 58.1 Å². The van der Waals surface area contributed by atoms with Crippen LogP contribution in [0.2, 0.25) is 0 Å². The Morgan fingerprint density at radius 2 is 1.53 bits per heavy atom. The van der Waals surface area contributed by atoms with Gasteiger partial charge in [-0.15, -0.1) is 0 Å². The summed E-state index contributed by atoms with van der Waals surface area (Å²) in [7, 11) is -3.78. The van der Waals surface area contributed by atoms with E-state index >= 15 is 0 Å². The van der Waals surface area contributed by atoms with Crippen molar-refractivity contribution in [3.63, 3.8) is 0 Å². The van der Waals surface area contributed by atoms with Gasteiger partial charge in [-0.3, -0.25) is 4.79 Å². The first-order chi connectivity index (χ1) is 18.0. The molecule has 2 aliphatic rings. The van der Waals surface area contributed by atoms with E-state index in [9.17, 15) is 18.0 Å². The molecular formula is C29H39N3O5S. The van der Waals surface area contributed by atoms with Crippen LogP contribution < -0.4 is 5.32 Å². The molecule has 0 aromatic heterocycles. The minimum Gasteiger partial charge on any atom is -0.444 e. The number of rotatable bonds is 6. The molecule has 38 heavy (non-hydrogen) atoms. The second-order valence-electron chi connectivity index (χ2n) is 11.2. The number of hydrogen-bond donors (Lipinski definition) is 1. The Labute approximate surface area is 226 Å².